The Balaban J connectivity index is 2.19. The molecule has 0 unspecified atom stereocenters. The first kappa shape index (κ1) is 24.0. The van der Waals surface area contributed by atoms with Gasteiger partial charge in [-0.1, -0.05) is 35.9 Å². The fourth-order valence-electron chi connectivity index (χ4n) is 3.75. The van der Waals surface area contributed by atoms with Crippen LogP contribution in [0, 0.1) is 20.8 Å². The van der Waals surface area contributed by atoms with E-state index in [1.807, 2.05) is 43.9 Å². The van der Waals surface area contributed by atoms with Crippen LogP contribution < -0.4 is 4.90 Å². The molecule has 0 saturated carbocycles. The number of ether oxygens (including phenoxy) is 2. The maximum absolute atomic E-state index is 13.8. The van der Waals surface area contributed by atoms with Gasteiger partial charge in [-0.15, -0.1) is 0 Å². The van der Waals surface area contributed by atoms with Gasteiger partial charge < -0.3 is 14.4 Å². The Labute approximate surface area is 194 Å². The predicted octanol–water partition coefficient (Wildman–Crippen LogP) is 4.14. The summed E-state index contributed by atoms with van der Waals surface area (Å²) in [5.41, 5.74) is 4.89. The van der Waals surface area contributed by atoms with Crippen LogP contribution in [0.4, 0.5) is 5.69 Å². The lowest BCUT2D eigenvalue weighted by Crippen LogP contribution is -2.38. The van der Waals surface area contributed by atoms with Crippen LogP contribution in [0.1, 0.15) is 22.3 Å². The topological polar surface area (TPSA) is 59.1 Å². The van der Waals surface area contributed by atoms with Gasteiger partial charge in [-0.3, -0.25) is 9.59 Å². The van der Waals surface area contributed by atoms with Crippen molar-refractivity contribution in [3.05, 3.63) is 69.4 Å². The molecule has 32 heavy (non-hydrogen) atoms. The standard InChI is InChI=1S/C25H29ClN2O4/c1-16-6-8-19(14-18(16)3)22-23(27(10-12-31-4)11-13-32-5)25(30)28(24(22)29)21-15-20(26)9-7-17(21)2/h6-9,14-15H,10-13H2,1-5H3. The molecule has 0 atom stereocenters. The second-order valence-corrected chi connectivity index (χ2v) is 8.31. The molecule has 0 N–H and O–H groups in total. The van der Waals surface area contributed by atoms with Crippen LogP contribution in [0.3, 0.4) is 0 Å². The molecule has 170 valence electrons. The average Bonchev–Trinajstić information content (AvgIpc) is 3.02. The van der Waals surface area contributed by atoms with Gasteiger partial charge in [0.2, 0.25) is 0 Å². The third kappa shape index (κ3) is 4.72. The van der Waals surface area contributed by atoms with Crippen LogP contribution in [0.25, 0.3) is 5.57 Å². The first-order chi connectivity index (χ1) is 15.3. The van der Waals surface area contributed by atoms with Gasteiger partial charge >= 0.3 is 0 Å². The molecule has 1 heterocycles. The van der Waals surface area contributed by atoms with Crippen molar-refractivity contribution in [1.82, 2.24) is 4.90 Å². The number of aryl methyl sites for hydroxylation is 3. The first-order valence-corrected chi connectivity index (χ1v) is 10.9. The summed E-state index contributed by atoms with van der Waals surface area (Å²) in [5.74, 6) is -0.737. The quantitative estimate of drug-likeness (QED) is 0.530. The molecular weight excluding hydrogens is 428 g/mol. The van der Waals surface area contributed by atoms with Gasteiger partial charge in [0.15, 0.2) is 0 Å². The van der Waals surface area contributed by atoms with Crippen LogP contribution in [-0.2, 0) is 19.1 Å². The second-order valence-electron chi connectivity index (χ2n) is 7.87. The Morgan fingerprint density at radius 2 is 1.47 bits per heavy atom. The fraction of sp³-hybridized carbons (Fsp3) is 0.360. The van der Waals surface area contributed by atoms with Gasteiger partial charge in [-0.2, -0.15) is 0 Å². The van der Waals surface area contributed by atoms with Gasteiger partial charge in [0.1, 0.15) is 5.70 Å². The van der Waals surface area contributed by atoms with Gasteiger partial charge in [0, 0.05) is 32.3 Å². The van der Waals surface area contributed by atoms with Crippen LogP contribution in [0.15, 0.2) is 42.1 Å². The van der Waals surface area contributed by atoms with Crippen molar-refractivity contribution in [2.24, 2.45) is 0 Å². The highest BCUT2D eigenvalue weighted by molar-refractivity contribution is 6.45. The van der Waals surface area contributed by atoms with E-state index in [0.717, 1.165) is 16.7 Å². The largest absolute Gasteiger partial charge is 0.383 e. The minimum Gasteiger partial charge on any atom is -0.383 e. The number of amides is 2. The molecule has 7 heteroatoms. The SMILES string of the molecule is COCCN(CCOC)C1=C(c2ccc(C)c(C)c2)C(=O)N(c2cc(Cl)ccc2C)C1=O. The van der Waals surface area contributed by atoms with Crippen LogP contribution in [0.2, 0.25) is 5.02 Å². The van der Waals surface area contributed by atoms with E-state index >= 15 is 0 Å². The molecule has 3 rings (SSSR count). The molecule has 0 fully saturated rings. The number of rotatable bonds is 9. The molecular formula is C25H29ClN2O4. The molecule has 0 aliphatic carbocycles. The predicted molar refractivity (Wildman–Crippen MR) is 127 cm³/mol. The normalized spacial score (nSPS) is 14.0. The lowest BCUT2D eigenvalue weighted by molar-refractivity contribution is -0.120. The Bertz CT molecular complexity index is 1060. The Kier molecular flexibility index (Phi) is 7.72. The van der Waals surface area contributed by atoms with Gasteiger partial charge in [0.25, 0.3) is 11.8 Å². The molecule has 2 aromatic carbocycles. The number of halogens is 1. The third-order valence-electron chi connectivity index (χ3n) is 5.71. The monoisotopic (exact) mass is 456 g/mol. The van der Waals surface area contributed by atoms with E-state index in [-0.39, 0.29) is 11.8 Å². The zero-order valence-electron chi connectivity index (χ0n) is 19.2. The summed E-state index contributed by atoms with van der Waals surface area (Å²) in [5, 5.41) is 0.461. The van der Waals surface area contributed by atoms with Crippen molar-refractivity contribution >= 4 is 34.7 Å². The third-order valence-corrected chi connectivity index (χ3v) is 5.95. The molecule has 0 radical (unpaired) electrons. The van der Waals surface area contributed by atoms with E-state index < -0.39 is 0 Å². The van der Waals surface area contributed by atoms with Crippen molar-refractivity contribution in [2.45, 2.75) is 20.8 Å². The minimum absolute atomic E-state index is 0.353. The Morgan fingerprint density at radius 1 is 0.844 bits per heavy atom. The number of nitrogens with zero attached hydrogens (tertiary/aromatic N) is 2. The van der Waals surface area contributed by atoms with E-state index in [1.165, 1.54) is 4.90 Å². The highest BCUT2D eigenvalue weighted by Gasteiger charge is 2.43. The number of benzene rings is 2. The smallest absolute Gasteiger partial charge is 0.282 e. The van der Waals surface area contributed by atoms with Crippen LogP contribution in [-0.4, -0.2) is 57.2 Å². The minimum atomic E-state index is -0.374. The van der Waals surface area contributed by atoms with Crippen molar-refractivity contribution in [3.63, 3.8) is 0 Å². The van der Waals surface area contributed by atoms with Gasteiger partial charge in [-0.25, -0.2) is 4.90 Å². The maximum atomic E-state index is 13.8. The molecule has 1 aliphatic heterocycles. The van der Waals surface area contributed by atoms with Crippen LogP contribution in [0.5, 0.6) is 0 Å². The van der Waals surface area contributed by atoms with E-state index in [1.54, 1.807) is 32.4 Å². The molecule has 0 bridgehead atoms. The number of hydrogen-bond donors (Lipinski definition) is 0. The zero-order chi connectivity index (χ0) is 23.4. The van der Waals surface area contributed by atoms with E-state index in [4.69, 9.17) is 21.1 Å². The van der Waals surface area contributed by atoms with Crippen molar-refractivity contribution < 1.29 is 19.1 Å². The average molecular weight is 457 g/mol. The second kappa shape index (κ2) is 10.3. The fourth-order valence-corrected chi connectivity index (χ4v) is 3.92. The molecule has 2 aromatic rings. The summed E-state index contributed by atoms with van der Waals surface area (Å²) < 4.78 is 10.5. The van der Waals surface area contributed by atoms with E-state index in [0.29, 0.717) is 53.8 Å². The molecule has 0 spiro atoms. The summed E-state index contributed by atoms with van der Waals surface area (Å²) in [6.07, 6.45) is 0. The molecule has 0 saturated heterocycles. The van der Waals surface area contributed by atoms with Crippen molar-refractivity contribution in [1.29, 1.82) is 0 Å². The summed E-state index contributed by atoms with van der Waals surface area (Å²) in [4.78, 5) is 30.6. The molecule has 0 aromatic heterocycles. The first-order valence-electron chi connectivity index (χ1n) is 10.5. The summed E-state index contributed by atoms with van der Waals surface area (Å²) in [7, 11) is 3.22. The highest BCUT2D eigenvalue weighted by Crippen LogP contribution is 2.37. The Hall–Kier alpha value is -2.67. The van der Waals surface area contributed by atoms with Crippen LogP contribution >= 0.6 is 11.6 Å². The lowest BCUT2D eigenvalue weighted by atomic mass is 9.99. The van der Waals surface area contributed by atoms with E-state index in [9.17, 15) is 9.59 Å². The van der Waals surface area contributed by atoms with E-state index in [2.05, 4.69) is 0 Å². The highest BCUT2D eigenvalue weighted by atomic mass is 35.5. The number of methoxy groups -OCH3 is 2. The van der Waals surface area contributed by atoms with Gasteiger partial charge in [-0.05, 0) is 55.2 Å². The summed E-state index contributed by atoms with van der Waals surface area (Å²) in [6.45, 7) is 7.58. The number of anilines is 1. The zero-order valence-corrected chi connectivity index (χ0v) is 20.0. The number of carbonyl (C=O) groups is 2. The lowest BCUT2D eigenvalue weighted by Gasteiger charge is -2.26. The summed E-state index contributed by atoms with van der Waals surface area (Å²) in [6, 6.07) is 11.0. The van der Waals surface area contributed by atoms with Crippen molar-refractivity contribution in [3.8, 4) is 0 Å². The number of hydrogen-bond acceptors (Lipinski definition) is 5. The summed E-state index contributed by atoms with van der Waals surface area (Å²) >= 11 is 6.21. The van der Waals surface area contributed by atoms with Crippen molar-refractivity contribution in [2.75, 3.05) is 45.4 Å². The molecule has 1 aliphatic rings. The van der Waals surface area contributed by atoms with Gasteiger partial charge in [0.05, 0.1) is 24.5 Å². The number of carbonyl (C=O) groups excluding carboxylic acids is 2. The Morgan fingerprint density at radius 3 is 2.06 bits per heavy atom. The number of imide groups is 1. The molecule has 2 amide bonds. The molecule has 6 nitrogen and oxygen atoms in total. The maximum Gasteiger partial charge on any atom is 0.282 e.